The van der Waals surface area contributed by atoms with Crippen molar-refractivity contribution in [2.24, 2.45) is 0 Å². The summed E-state index contributed by atoms with van der Waals surface area (Å²) >= 11 is 0. The van der Waals surface area contributed by atoms with Crippen molar-refractivity contribution >= 4 is 0 Å². The minimum Gasteiger partial charge on any atom is -0.311 e. The van der Waals surface area contributed by atoms with E-state index in [0.29, 0.717) is 12.1 Å². The van der Waals surface area contributed by atoms with Gasteiger partial charge in [-0.2, -0.15) is 0 Å². The summed E-state index contributed by atoms with van der Waals surface area (Å²) in [6, 6.07) is 2.07. The first-order chi connectivity index (χ1) is 9.16. The smallest absolute Gasteiger partial charge is 0.194 e. The number of halogens is 3. The van der Waals surface area contributed by atoms with Crippen molar-refractivity contribution in [2.75, 3.05) is 26.2 Å². The molecule has 2 nitrogen and oxygen atoms in total. The van der Waals surface area contributed by atoms with Gasteiger partial charge in [0.05, 0.1) is 0 Å². The maximum absolute atomic E-state index is 13.0. The molecular weight excluding hydrogens is 253 g/mol. The van der Waals surface area contributed by atoms with Gasteiger partial charge >= 0.3 is 0 Å². The van der Waals surface area contributed by atoms with Crippen LogP contribution in [0.4, 0.5) is 13.2 Å². The van der Waals surface area contributed by atoms with E-state index in [9.17, 15) is 13.2 Å². The van der Waals surface area contributed by atoms with E-state index in [2.05, 4.69) is 10.2 Å². The molecule has 1 aliphatic rings. The van der Waals surface area contributed by atoms with Crippen molar-refractivity contribution in [1.82, 2.24) is 10.2 Å². The predicted octanol–water partition coefficient (Wildman–Crippen LogP) is 2.68. The second-order valence-corrected chi connectivity index (χ2v) is 4.95. The topological polar surface area (TPSA) is 15.3 Å². The van der Waals surface area contributed by atoms with E-state index in [-0.39, 0.29) is 0 Å². The molecule has 0 amide bonds. The highest BCUT2D eigenvalue weighted by Gasteiger charge is 2.11. The molecule has 0 spiro atoms. The van der Waals surface area contributed by atoms with Crippen LogP contribution in [0.3, 0.4) is 0 Å². The molecule has 19 heavy (non-hydrogen) atoms. The maximum Gasteiger partial charge on any atom is 0.194 e. The third kappa shape index (κ3) is 4.21. The van der Waals surface area contributed by atoms with Crippen LogP contribution in [-0.2, 0) is 6.54 Å². The van der Waals surface area contributed by atoms with Gasteiger partial charge in [0.2, 0.25) is 0 Å². The largest absolute Gasteiger partial charge is 0.311 e. The van der Waals surface area contributed by atoms with Crippen molar-refractivity contribution in [1.29, 1.82) is 0 Å². The average Bonchev–Trinajstić information content (AvgIpc) is 2.42. The molecule has 1 fully saturated rings. The van der Waals surface area contributed by atoms with Gasteiger partial charge in [-0.25, -0.2) is 13.2 Å². The van der Waals surface area contributed by atoms with Crippen molar-refractivity contribution < 1.29 is 13.2 Å². The Morgan fingerprint density at radius 3 is 2.26 bits per heavy atom. The quantitative estimate of drug-likeness (QED) is 0.655. The summed E-state index contributed by atoms with van der Waals surface area (Å²) in [7, 11) is 0. The SMILES string of the molecule is Fc1cc(CNCCN2CCCCC2)cc(F)c1F. The van der Waals surface area contributed by atoms with Crippen LogP contribution in [0.1, 0.15) is 24.8 Å². The summed E-state index contributed by atoms with van der Waals surface area (Å²) in [6.45, 7) is 4.30. The molecule has 1 aliphatic heterocycles. The van der Waals surface area contributed by atoms with E-state index in [0.717, 1.165) is 38.3 Å². The molecule has 1 saturated heterocycles. The highest BCUT2D eigenvalue weighted by Crippen LogP contribution is 2.13. The van der Waals surface area contributed by atoms with Crippen LogP contribution in [0, 0.1) is 17.5 Å². The zero-order valence-electron chi connectivity index (χ0n) is 10.9. The van der Waals surface area contributed by atoms with E-state index in [1.165, 1.54) is 19.3 Å². The molecule has 1 heterocycles. The Morgan fingerprint density at radius 2 is 1.63 bits per heavy atom. The Bertz CT molecular complexity index is 394. The maximum atomic E-state index is 13.0. The monoisotopic (exact) mass is 272 g/mol. The van der Waals surface area contributed by atoms with Gasteiger partial charge in [-0.3, -0.25) is 0 Å². The number of nitrogens with zero attached hydrogens (tertiary/aromatic N) is 1. The van der Waals surface area contributed by atoms with Gasteiger partial charge in [-0.1, -0.05) is 6.42 Å². The number of hydrogen-bond donors (Lipinski definition) is 1. The second kappa shape index (κ2) is 6.91. The number of likely N-dealkylation sites (tertiary alicyclic amines) is 1. The van der Waals surface area contributed by atoms with E-state index in [1.807, 2.05) is 0 Å². The average molecular weight is 272 g/mol. The highest BCUT2D eigenvalue weighted by atomic mass is 19.2. The predicted molar refractivity (Wildman–Crippen MR) is 68.3 cm³/mol. The first-order valence-corrected chi connectivity index (χ1v) is 6.73. The Balaban J connectivity index is 1.73. The van der Waals surface area contributed by atoms with Gasteiger partial charge in [0, 0.05) is 19.6 Å². The normalized spacial score (nSPS) is 16.8. The Hall–Kier alpha value is -1.07. The van der Waals surface area contributed by atoms with Crippen LogP contribution in [0.15, 0.2) is 12.1 Å². The summed E-state index contributed by atoms with van der Waals surface area (Å²) in [4.78, 5) is 2.38. The Morgan fingerprint density at radius 1 is 1.00 bits per heavy atom. The molecule has 2 rings (SSSR count). The molecule has 0 atom stereocenters. The van der Waals surface area contributed by atoms with E-state index in [1.54, 1.807) is 0 Å². The van der Waals surface area contributed by atoms with Crippen molar-refractivity contribution in [3.8, 4) is 0 Å². The van der Waals surface area contributed by atoms with Crippen molar-refractivity contribution in [3.63, 3.8) is 0 Å². The number of nitrogens with one attached hydrogen (secondary N) is 1. The Labute approximate surface area is 111 Å². The molecular formula is C14H19F3N2. The lowest BCUT2D eigenvalue weighted by atomic mass is 10.1. The summed E-state index contributed by atoms with van der Waals surface area (Å²) in [6.07, 6.45) is 3.79. The molecule has 0 aromatic heterocycles. The van der Waals surface area contributed by atoms with Gasteiger partial charge in [-0.15, -0.1) is 0 Å². The van der Waals surface area contributed by atoms with Crippen LogP contribution in [-0.4, -0.2) is 31.1 Å². The van der Waals surface area contributed by atoms with Crippen LogP contribution in [0.2, 0.25) is 0 Å². The Kier molecular flexibility index (Phi) is 5.22. The number of hydrogen-bond acceptors (Lipinski definition) is 2. The van der Waals surface area contributed by atoms with Gasteiger partial charge in [0.1, 0.15) is 0 Å². The van der Waals surface area contributed by atoms with Crippen LogP contribution < -0.4 is 5.32 Å². The molecule has 0 radical (unpaired) electrons. The summed E-state index contributed by atoms with van der Waals surface area (Å²) in [5.41, 5.74) is 0.426. The first-order valence-electron chi connectivity index (χ1n) is 6.73. The van der Waals surface area contributed by atoms with Crippen molar-refractivity contribution in [3.05, 3.63) is 35.1 Å². The fourth-order valence-electron chi connectivity index (χ4n) is 2.36. The standard InChI is InChI=1S/C14H19F3N2/c15-12-8-11(9-13(16)14(12)17)10-18-4-7-19-5-2-1-3-6-19/h8-9,18H,1-7,10H2. The van der Waals surface area contributed by atoms with Crippen molar-refractivity contribution in [2.45, 2.75) is 25.8 Å². The molecule has 0 saturated carbocycles. The van der Waals surface area contributed by atoms with Gasteiger partial charge in [0.15, 0.2) is 17.5 Å². The summed E-state index contributed by atoms with van der Waals surface area (Å²) < 4.78 is 38.7. The molecule has 1 aromatic carbocycles. The molecule has 5 heteroatoms. The van der Waals surface area contributed by atoms with E-state index in [4.69, 9.17) is 0 Å². The van der Waals surface area contributed by atoms with Gasteiger partial charge < -0.3 is 10.2 Å². The van der Waals surface area contributed by atoms with Crippen LogP contribution in [0.5, 0.6) is 0 Å². The lowest BCUT2D eigenvalue weighted by Gasteiger charge is -2.26. The summed E-state index contributed by atoms with van der Waals surface area (Å²) in [5.74, 6) is -3.67. The lowest BCUT2D eigenvalue weighted by Crippen LogP contribution is -2.35. The third-order valence-corrected chi connectivity index (χ3v) is 3.43. The van der Waals surface area contributed by atoms with Gasteiger partial charge in [0.25, 0.3) is 0 Å². The minimum absolute atomic E-state index is 0.349. The fourth-order valence-corrected chi connectivity index (χ4v) is 2.36. The highest BCUT2D eigenvalue weighted by molar-refractivity contribution is 5.19. The lowest BCUT2D eigenvalue weighted by molar-refractivity contribution is 0.229. The molecule has 1 N–H and O–H groups in total. The fraction of sp³-hybridized carbons (Fsp3) is 0.571. The second-order valence-electron chi connectivity index (χ2n) is 4.95. The molecule has 106 valence electrons. The third-order valence-electron chi connectivity index (χ3n) is 3.43. The molecule has 0 unspecified atom stereocenters. The molecule has 1 aromatic rings. The van der Waals surface area contributed by atoms with E-state index >= 15 is 0 Å². The first kappa shape index (κ1) is 14.3. The number of piperidine rings is 1. The number of benzene rings is 1. The molecule has 0 aliphatic carbocycles. The minimum atomic E-state index is -1.41. The zero-order valence-corrected chi connectivity index (χ0v) is 10.9. The summed E-state index contributed by atoms with van der Waals surface area (Å²) in [5, 5.41) is 3.13. The van der Waals surface area contributed by atoms with Crippen LogP contribution >= 0.6 is 0 Å². The number of rotatable bonds is 5. The van der Waals surface area contributed by atoms with E-state index < -0.39 is 17.5 Å². The zero-order chi connectivity index (χ0) is 13.7. The molecule has 0 bridgehead atoms. The van der Waals surface area contributed by atoms with Crippen LogP contribution in [0.25, 0.3) is 0 Å². The van der Waals surface area contributed by atoms with Gasteiger partial charge in [-0.05, 0) is 43.6 Å².